The number of halogens is 2. The molecule has 1 N–H and O–H groups in total. The van der Waals surface area contributed by atoms with Gasteiger partial charge in [0.25, 0.3) is 0 Å². The highest BCUT2D eigenvalue weighted by Gasteiger charge is 2.12. The Morgan fingerprint density at radius 2 is 2.03 bits per heavy atom. The predicted molar refractivity (Wildman–Crippen MR) is 136 cm³/mol. The molecule has 34 heavy (non-hydrogen) atoms. The number of anilines is 1. The minimum Gasteiger partial charge on any atom is -0.381 e. The van der Waals surface area contributed by atoms with Gasteiger partial charge in [0.05, 0.1) is 17.1 Å². The van der Waals surface area contributed by atoms with E-state index in [1.165, 1.54) is 6.07 Å². The number of allylic oxidation sites excluding steroid dienone is 3. The number of ether oxygens (including phenoxy) is 1. The quantitative estimate of drug-likeness (QED) is 0.288. The van der Waals surface area contributed by atoms with E-state index in [4.69, 9.17) is 26.3 Å². The Morgan fingerprint density at radius 1 is 1.15 bits per heavy atom. The Bertz CT molecular complexity index is 1360. The molecule has 172 valence electrons. The summed E-state index contributed by atoms with van der Waals surface area (Å²) in [6.45, 7) is 2.90. The number of methoxy groups -OCH3 is 1. The number of nitrogens with one attached hydrogen (secondary N) is 1. The summed E-state index contributed by atoms with van der Waals surface area (Å²) in [5.41, 5.74) is 4.51. The molecule has 0 aliphatic rings. The first-order valence-electron chi connectivity index (χ1n) is 10.8. The van der Waals surface area contributed by atoms with E-state index >= 15 is 0 Å². The average Bonchev–Trinajstić information content (AvgIpc) is 2.87. The summed E-state index contributed by atoms with van der Waals surface area (Å²) < 4.78 is 18.8. The molecule has 0 spiro atoms. The third-order valence-electron chi connectivity index (χ3n) is 5.21. The molecular weight excluding hydrogens is 451 g/mol. The van der Waals surface area contributed by atoms with Gasteiger partial charge in [-0.25, -0.2) is 14.4 Å². The van der Waals surface area contributed by atoms with Crippen molar-refractivity contribution in [2.45, 2.75) is 13.5 Å². The van der Waals surface area contributed by atoms with Gasteiger partial charge >= 0.3 is 0 Å². The summed E-state index contributed by atoms with van der Waals surface area (Å²) in [7, 11) is 1.67. The molecule has 0 fully saturated rings. The van der Waals surface area contributed by atoms with Crippen molar-refractivity contribution in [3.63, 3.8) is 0 Å². The Kier molecular flexibility index (Phi) is 7.62. The maximum Gasteiger partial charge on any atom is 0.163 e. The molecule has 2 aromatic carbocycles. The Hall–Kier alpha value is -3.61. The van der Waals surface area contributed by atoms with Gasteiger partial charge in [-0.1, -0.05) is 42.0 Å². The van der Waals surface area contributed by atoms with Crippen LogP contribution in [0, 0.1) is 5.82 Å². The Balaban J connectivity index is 1.79. The number of hydrogen-bond donors (Lipinski definition) is 1. The number of benzene rings is 2. The first-order valence-corrected chi connectivity index (χ1v) is 11.2. The lowest BCUT2D eigenvalue weighted by Crippen LogP contribution is -2.05. The molecule has 0 bridgehead atoms. The summed E-state index contributed by atoms with van der Waals surface area (Å²) in [6.07, 6.45) is 9.50. The number of fused-ring (bicyclic) bond motifs is 1. The van der Waals surface area contributed by atoms with E-state index in [1.54, 1.807) is 31.6 Å². The van der Waals surface area contributed by atoms with E-state index in [1.807, 2.05) is 49.4 Å². The van der Waals surface area contributed by atoms with E-state index in [0.717, 1.165) is 33.2 Å². The van der Waals surface area contributed by atoms with E-state index in [0.29, 0.717) is 24.8 Å². The van der Waals surface area contributed by atoms with Gasteiger partial charge in [0.2, 0.25) is 0 Å². The van der Waals surface area contributed by atoms with E-state index in [9.17, 15) is 4.39 Å². The number of pyridine rings is 1. The van der Waals surface area contributed by atoms with Crippen molar-refractivity contribution in [2.75, 3.05) is 19.0 Å². The summed E-state index contributed by atoms with van der Waals surface area (Å²) in [5, 5.41) is 4.34. The fourth-order valence-electron chi connectivity index (χ4n) is 3.54. The molecule has 0 aliphatic heterocycles. The van der Waals surface area contributed by atoms with Crippen LogP contribution in [0.4, 0.5) is 10.2 Å². The highest BCUT2D eigenvalue weighted by atomic mass is 35.5. The third-order valence-corrected chi connectivity index (χ3v) is 5.50. The van der Waals surface area contributed by atoms with Gasteiger partial charge in [-0.2, -0.15) is 0 Å². The normalized spacial score (nSPS) is 11.9. The van der Waals surface area contributed by atoms with Gasteiger partial charge < -0.3 is 10.1 Å². The molecule has 0 aliphatic carbocycles. The first-order chi connectivity index (χ1) is 16.6. The standard InChI is InChI=1S/C27H24ClFN4O/c1-3-5-19(11-13-34-2)20-8-10-25-22(15-20)27(31-16-18-7-9-24(29)23(28)14-18)33-26(32-25)21-6-4-12-30-17-21/h3-12,14-15,17H,13,16H2,1-2H3,(H,31,32,33)/b5-3-,19-11+. The molecule has 0 saturated heterocycles. The van der Waals surface area contributed by atoms with Gasteiger partial charge in [0.1, 0.15) is 11.6 Å². The second-order valence-electron chi connectivity index (χ2n) is 7.59. The van der Waals surface area contributed by atoms with Crippen molar-refractivity contribution in [1.82, 2.24) is 15.0 Å². The second kappa shape index (κ2) is 11.0. The molecule has 5 nitrogen and oxygen atoms in total. The maximum absolute atomic E-state index is 13.6. The third kappa shape index (κ3) is 5.47. The minimum atomic E-state index is -0.444. The summed E-state index contributed by atoms with van der Waals surface area (Å²) in [6, 6.07) is 14.5. The van der Waals surface area contributed by atoms with Crippen molar-refractivity contribution in [1.29, 1.82) is 0 Å². The van der Waals surface area contributed by atoms with Gasteiger partial charge in [-0.05, 0) is 60.0 Å². The molecule has 4 aromatic rings. The van der Waals surface area contributed by atoms with Gasteiger partial charge in [-0.3, -0.25) is 4.98 Å². The van der Waals surface area contributed by atoms with Crippen molar-refractivity contribution >= 4 is 33.9 Å². The lowest BCUT2D eigenvalue weighted by molar-refractivity contribution is 0.234. The Labute approximate surface area is 203 Å². The van der Waals surface area contributed by atoms with Crippen LogP contribution in [0.3, 0.4) is 0 Å². The van der Waals surface area contributed by atoms with Crippen LogP contribution in [-0.2, 0) is 11.3 Å². The van der Waals surface area contributed by atoms with Crippen LogP contribution in [0.1, 0.15) is 18.1 Å². The maximum atomic E-state index is 13.6. The molecular formula is C27H24ClFN4O. The van der Waals surface area contributed by atoms with Crippen LogP contribution in [-0.4, -0.2) is 28.7 Å². The van der Waals surface area contributed by atoms with Gasteiger partial charge in [0, 0.05) is 37.0 Å². The topological polar surface area (TPSA) is 59.9 Å². The fraction of sp³-hybridized carbons (Fsp3) is 0.148. The van der Waals surface area contributed by atoms with Crippen molar-refractivity contribution in [3.8, 4) is 11.4 Å². The van der Waals surface area contributed by atoms with Crippen LogP contribution in [0.2, 0.25) is 5.02 Å². The summed E-state index contributed by atoms with van der Waals surface area (Å²) in [5.74, 6) is 0.787. The second-order valence-corrected chi connectivity index (χ2v) is 7.99. The number of aromatic nitrogens is 3. The molecule has 0 atom stereocenters. The molecule has 0 amide bonds. The smallest absolute Gasteiger partial charge is 0.163 e. The van der Waals surface area contributed by atoms with E-state index < -0.39 is 5.82 Å². The molecule has 2 aromatic heterocycles. The zero-order valence-electron chi connectivity index (χ0n) is 18.9. The molecule has 7 heteroatoms. The zero-order chi connectivity index (χ0) is 23.9. The summed E-state index contributed by atoms with van der Waals surface area (Å²) in [4.78, 5) is 13.8. The number of hydrogen-bond acceptors (Lipinski definition) is 5. The SMILES string of the molecule is C/C=C\C(=C/COC)c1ccc2nc(-c3cccnc3)nc(NCc3ccc(F)c(Cl)c3)c2c1. The van der Waals surface area contributed by atoms with Crippen LogP contribution in [0.15, 0.2) is 79.2 Å². The van der Waals surface area contributed by atoms with Crippen molar-refractivity contribution in [2.24, 2.45) is 0 Å². The fourth-order valence-corrected chi connectivity index (χ4v) is 3.74. The molecule has 0 saturated carbocycles. The number of nitrogens with zero attached hydrogens (tertiary/aromatic N) is 3. The molecule has 4 rings (SSSR count). The van der Waals surface area contributed by atoms with Crippen LogP contribution in [0.25, 0.3) is 27.9 Å². The predicted octanol–water partition coefficient (Wildman–Crippen LogP) is 6.70. The first kappa shape index (κ1) is 23.5. The van der Waals surface area contributed by atoms with Crippen LogP contribution < -0.4 is 5.32 Å². The van der Waals surface area contributed by atoms with Crippen LogP contribution in [0.5, 0.6) is 0 Å². The minimum absolute atomic E-state index is 0.0875. The average molecular weight is 475 g/mol. The summed E-state index contributed by atoms with van der Waals surface area (Å²) >= 11 is 5.96. The monoisotopic (exact) mass is 474 g/mol. The molecule has 0 radical (unpaired) electrons. The van der Waals surface area contributed by atoms with Gasteiger partial charge in [-0.15, -0.1) is 0 Å². The van der Waals surface area contributed by atoms with E-state index in [-0.39, 0.29) is 5.02 Å². The highest BCUT2D eigenvalue weighted by Crippen LogP contribution is 2.29. The lowest BCUT2D eigenvalue weighted by Gasteiger charge is -2.13. The highest BCUT2D eigenvalue weighted by molar-refractivity contribution is 6.30. The van der Waals surface area contributed by atoms with Gasteiger partial charge in [0.15, 0.2) is 5.82 Å². The largest absolute Gasteiger partial charge is 0.381 e. The Morgan fingerprint density at radius 3 is 2.76 bits per heavy atom. The van der Waals surface area contributed by atoms with Crippen LogP contribution >= 0.6 is 11.6 Å². The van der Waals surface area contributed by atoms with E-state index in [2.05, 4.69) is 16.4 Å². The zero-order valence-corrected chi connectivity index (χ0v) is 19.7. The van der Waals surface area contributed by atoms with Crippen molar-refractivity contribution < 1.29 is 9.13 Å². The molecule has 2 heterocycles. The number of rotatable bonds is 8. The lowest BCUT2D eigenvalue weighted by atomic mass is 10.0. The molecule has 0 unspecified atom stereocenters. The van der Waals surface area contributed by atoms with Crippen molar-refractivity contribution in [3.05, 3.63) is 101 Å².